The number of nitrogens with zero attached hydrogens (tertiary/aromatic N) is 1. The summed E-state index contributed by atoms with van der Waals surface area (Å²) in [5.41, 5.74) is 1.38. The molecule has 108 valence electrons. The molecule has 0 fully saturated rings. The molecular formula is C15H15N3O2S. The third kappa shape index (κ3) is 5.19. The Balaban J connectivity index is 1.66. The van der Waals surface area contributed by atoms with Crippen molar-refractivity contribution in [3.05, 3.63) is 60.4 Å². The van der Waals surface area contributed by atoms with Crippen molar-refractivity contribution in [2.75, 3.05) is 18.5 Å². The van der Waals surface area contributed by atoms with Crippen LogP contribution in [0, 0.1) is 0 Å². The molecule has 1 heterocycles. The molecule has 2 N–H and O–H groups in total. The Morgan fingerprint density at radius 3 is 2.71 bits per heavy atom. The number of benzene rings is 1. The first-order valence-corrected chi connectivity index (χ1v) is 6.83. The quantitative estimate of drug-likeness (QED) is 0.655. The molecule has 0 unspecified atom stereocenters. The van der Waals surface area contributed by atoms with Gasteiger partial charge in [0, 0.05) is 18.1 Å². The highest BCUT2D eigenvalue weighted by Crippen LogP contribution is 2.05. The topological polar surface area (TPSA) is 63.2 Å². The molecule has 1 amide bonds. The van der Waals surface area contributed by atoms with Crippen LogP contribution in [0.25, 0.3) is 0 Å². The predicted octanol–water partition coefficient (Wildman–Crippen LogP) is 2.22. The van der Waals surface area contributed by atoms with Gasteiger partial charge in [-0.25, -0.2) is 0 Å². The van der Waals surface area contributed by atoms with E-state index in [4.69, 9.17) is 17.0 Å². The maximum atomic E-state index is 11.7. The molecule has 1 aromatic heterocycles. The van der Waals surface area contributed by atoms with E-state index < -0.39 is 0 Å². The number of anilines is 1. The van der Waals surface area contributed by atoms with Gasteiger partial charge in [-0.15, -0.1) is 0 Å². The lowest BCUT2D eigenvalue weighted by Gasteiger charge is -2.10. The third-order valence-corrected chi connectivity index (χ3v) is 2.78. The van der Waals surface area contributed by atoms with Crippen LogP contribution in [0.3, 0.4) is 0 Å². The minimum absolute atomic E-state index is 0.186. The van der Waals surface area contributed by atoms with Crippen LogP contribution in [0.2, 0.25) is 0 Å². The van der Waals surface area contributed by atoms with Crippen LogP contribution in [-0.2, 0) is 4.74 Å². The van der Waals surface area contributed by atoms with E-state index in [0.717, 1.165) is 5.69 Å². The number of nitrogens with one attached hydrogen (secondary N) is 2. The molecule has 0 radical (unpaired) electrons. The number of rotatable bonds is 5. The van der Waals surface area contributed by atoms with Crippen LogP contribution in [0.4, 0.5) is 5.69 Å². The van der Waals surface area contributed by atoms with Gasteiger partial charge in [-0.1, -0.05) is 18.2 Å². The number of ether oxygens (including phenoxy) is 1. The average Bonchev–Trinajstić information content (AvgIpc) is 2.53. The van der Waals surface area contributed by atoms with Crippen LogP contribution in [0.15, 0.2) is 54.9 Å². The molecule has 0 aliphatic rings. The van der Waals surface area contributed by atoms with Crippen molar-refractivity contribution in [3.63, 3.8) is 0 Å². The normalized spacial score (nSPS) is 9.71. The Morgan fingerprint density at radius 2 is 2.00 bits per heavy atom. The minimum Gasteiger partial charge on any atom is -0.469 e. The first-order chi connectivity index (χ1) is 10.3. The van der Waals surface area contributed by atoms with E-state index >= 15 is 0 Å². The van der Waals surface area contributed by atoms with Gasteiger partial charge in [0.25, 0.3) is 11.1 Å². The molecule has 0 spiro atoms. The molecule has 0 bridgehead atoms. The molecule has 0 aliphatic heterocycles. The van der Waals surface area contributed by atoms with Crippen molar-refractivity contribution in [2.45, 2.75) is 0 Å². The second kappa shape index (κ2) is 7.96. The van der Waals surface area contributed by atoms with E-state index in [1.165, 1.54) is 6.20 Å². The fraction of sp³-hybridized carbons (Fsp3) is 0.133. The Hall–Kier alpha value is -2.47. The molecule has 21 heavy (non-hydrogen) atoms. The van der Waals surface area contributed by atoms with Crippen LogP contribution >= 0.6 is 12.2 Å². The van der Waals surface area contributed by atoms with Gasteiger partial charge < -0.3 is 15.4 Å². The lowest BCUT2D eigenvalue weighted by molar-refractivity contribution is 0.0946. The highest BCUT2D eigenvalue weighted by molar-refractivity contribution is 7.80. The fourth-order valence-electron chi connectivity index (χ4n) is 1.58. The Labute approximate surface area is 128 Å². The summed E-state index contributed by atoms with van der Waals surface area (Å²) in [6, 6.07) is 12.9. The number of amides is 1. The number of carbonyl (C=O) groups is 1. The number of hydrogen-bond acceptors (Lipinski definition) is 4. The van der Waals surface area contributed by atoms with Gasteiger partial charge in [-0.2, -0.15) is 0 Å². The van der Waals surface area contributed by atoms with Crippen LogP contribution in [0.5, 0.6) is 0 Å². The first-order valence-electron chi connectivity index (χ1n) is 6.43. The molecule has 1 aromatic carbocycles. The lowest BCUT2D eigenvalue weighted by atomic mass is 10.3. The van der Waals surface area contributed by atoms with Gasteiger partial charge >= 0.3 is 0 Å². The summed E-state index contributed by atoms with van der Waals surface area (Å²) in [5, 5.41) is 5.95. The van der Waals surface area contributed by atoms with Crippen molar-refractivity contribution in [3.8, 4) is 0 Å². The SMILES string of the molecule is O=C(NCCOC(=S)Nc1ccccc1)c1cccnc1. The van der Waals surface area contributed by atoms with Crippen molar-refractivity contribution in [2.24, 2.45) is 0 Å². The van der Waals surface area contributed by atoms with Crippen molar-refractivity contribution in [1.29, 1.82) is 0 Å². The van der Waals surface area contributed by atoms with Crippen LogP contribution in [0.1, 0.15) is 10.4 Å². The maximum absolute atomic E-state index is 11.7. The zero-order chi connectivity index (χ0) is 14.9. The Kier molecular flexibility index (Phi) is 5.66. The zero-order valence-corrected chi connectivity index (χ0v) is 12.1. The van der Waals surface area contributed by atoms with E-state index in [1.54, 1.807) is 18.3 Å². The molecular weight excluding hydrogens is 286 g/mol. The molecule has 0 saturated carbocycles. The monoisotopic (exact) mass is 301 g/mol. The summed E-state index contributed by atoms with van der Waals surface area (Å²) in [7, 11) is 0. The van der Waals surface area contributed by atoms with Gasteiger partial charge in [-0.3, -0.25) is 9.78 Å². The van der Waals surface area contributed by atoms with E-state index in [9.17, 15) is 4.79 Å². The van der Waals surface area contributed by atoms with E-state index in [-0.39, 0.29) is 11.1 Å². The largest absolute Gasteiger partial charge is 0.469 e. The van der Waals surface area contributed by atoms with E-state index in [2.05, 4.69) is 15.6 Å². The number of aromatic nitrogens is 1. The second-order valence-corrected chi connectivity index (χ2v) is 4.50. The fourth-order valence-corrected chi connectivity index (χ4v) is 1.78. The number of carbonyl (C=O) groups excluding carboxylic acids is 1. The maximum Gasteiger partial charge on any atom is 0.261 e. The van der Waals surface area contributed by atoms with E-state index in [1.807, 2.05) is 30.3 Å². The summed E-state index contributed by atoms with van der Waals surface area (Å²) in [4.78, 5) is 15.6. The Bertz CT molecular complexity index is 590. The van der Waals surface area contributed by atoms with Crippen molar-refractivity contribution < 1.29 is 9.53 Å². The van der Waals surface area contributed by atoms with Crippen molar-refractivity contribution in [1.82, 2.24) is 10.3 Å². The summed E-state index contributed by atoms with van der Waals surface area (Å²) in [5.74, 6) is -0.186. The van der Waals surface area contributed by atoms with Gasteiger partial charge in [-0.05, 0) is 36.5 Å². The average molecular weight is 301 g/mol. The molecule has 0 saturated heterocycles. The van der Waals surface area contributed by atoms with Crippen LogP contribution < -0.4 is 10.6 Å². The Morgan fingerprint density at radius 1 is 1.19 bits per heavy atom. The summed E-state index contributed by atoms with van der Waals surface area (Å²) in [6.45, 7) is 0.662. The number of para-hydroxylation sites is 1. The molecule has 2 aromatic rings. The summed E-state index contributed by atoms with van der Waals surface area (Å²) >= 11 is 5.05. The van der Waals surface area contributed by atoms with Gasteiger partial charge in [0.1, 0.15) is 6.61 Å². The van der Waals surface area contributed by atoms with Gasteiger partial charge in [0.15, 0.2) is 0 Å². The second-order valence-electron chi connectivity index (χ2n) is 4.12. The molecule has 0 aliphatic carbocycles. The number of hydrogen-bond donors (Lipinski definition) is 2. The minimum atomic E-state index is -0.186. The first kappa shape index (κ1) is 14.9. The van der Waals surface area contributed by atoms with Gasteiger partial charge in [0.05, 0.1) is 12.1 Å². The standard InChI is InChI=1S/C15H15N3O2S/c19-14(12-5-4-8-16-11-12)17-9-10-20-15(21)18-13-6-2-1-3-7-13/h1-8,11H,9-10H2,(H,17,19)(H,18,21). The van der Waals surface area contributed by atoms with E-state index in [0.29, 0.717) is 18.7 Å². The summed E-state index contributed by atoms with van der Waals surface area (Å²) in [6.07, 6.45) is 3.13. The molecule has 5 nitrogen and oxygen atoms in total. The highest BCUT2D eigenvalue weighted by atomic mass is 32.1. The third-order valence-electron chi connectivity index (χ3n) is 2.56. The van der Waals surface area contributed by atoms with Crippen molar-refractivity contribution >= 4 is 29.0 Å². The molecule has 0 atom stereocenters. The number of pyridine rings is 1. The predicted molar refractivity (Wildman–Crippen MR) is 85.2 cm³/mol. The van der Waals surface area contributed by atoms with Crippen LogP contribution in [-0.4, -0.2) is 29.2 Å². The zero-order valence-electron chi connectivity index (χ0n) is 11.3. The highest BCUT2D eigenvalue weighted by Gasteiger charge is 2.04. The smallest absolute Gasteiger partial charge is 0.261 e. The summed E-state index contributed by atoms with van der Waals surface area (Å²) < 4.78 is 5.32. The lowest BCUT2D eigenvalue weighted by Crippen LogP contribution is -2.28. The number of thiocarbonyl (C=S) groups is 1. The molecule has 6 heteroatoms. The van der Waals surface area contributed by atoms with Gasteiger partial charge in [0.2, 0.25) is 0 Å². The molecule has 2 rings (SSSR count).